The number of hydrogen-bond acceptors (Lipinski definition) is 4. The Bertz CT molecular complexity index is 979. The van der Waals surface area contributed by atoms with Crippen molar-refractivity contribution in [2.24, 2.45) is 23.2 Å². The van der Waals surface area contributed by atoms with Gasteiger partial charge >= 0.3 is 0 Å². The summed E-state index contributed by atoms with van der Waals surface area (Å²) in [5, 5.41) is 6.11. The van der Waals surface area contributed by atoms with Crippen LogP contribution in [0.4, 0.5) is 0 Å². The monoisotopic (exact) mass is 366 g/mol. The van der Waals surface area contributed by atoms with Crippen LogP contribution in [0.5, 0.6) is 0 Å². The van der Waals surface area contributed by atoms with Gasteiger partial charge in [-0.25, -0.2) is 14.5 Å². The molecule has 0 atom stereocenters. The van der Waals surface area contributed by atoms with Crippen molar-refractivity contribution in [3.05, 3.63) is 22.6 Å². The Morgan fingerprint density at radius 2 is 1.85 bits per heavy atom. The van der Waals surface area contributed by atoms with Crippen molar-refractivity contribution in [1.82, 2.24) is 19.6 Å². The quantitative estimate of drug-likeness (QED) is 0.657. The van der Waals surface area contributed by atoms with Gasteiger partial charge in [0.25, 0.3) is 0 Å². The topological polar surface area (TPSA) is 43.1 Å². The molecule has 4 saturated carbocycles. The van der Waals surface area contributed by atoms with Crippen LogP contribution in [-0.4, -0.2) is 19.6 Å². The third-order valence-electron chi connectivity index (χ3n) is 7.43. The predicted octanol–water partition coefficient (Wildman–Crippen LogP) is 4.97. The first kappa shape index (κ1) is 15.6. The van der Waals surface area contributed by atoms with Crippen molar-refractivity contribution in [2.45, 2.75) is 65.2 Å². The van der Waals surface area contributed by atoms with E-state index >= 15 is 0 Å². The molecule has 26 heavy (non-hydrogen) atoms. The van der Waals surface area contributed by atoms with Crippen LogP contribution in [0.15, 0.2) is 6.33 Å². The standard InChI is InChI=1S/C21H26N4S/c1-3-16-12(2)26-20-18(16)19-23-17(24-25(19)11-22-20)10-21-7-13-4-14(8-21)6-15(5-13)9-21/h11,13-15H,3-10H2,1-2H3. The molecule has 0 unspecified atom stereocenters. The van der Waals surface area contributed by atoms with Gasteiger partial charge in [-0.05, 0) is 80.6 Å². The summed E-state index contributed by atoms with van der Waals surface area (Å²) in [6.07, 6.45) is 12.7. The van der Waals surface area contributed by atoms with Gasteiger partial charge in [-0.15, -0.1) is 16.4 Å². The minimum atomic E-state index is 0.490. The maximum atomic E-state index is 5.06. The number of aromatic nitrogens is 4. The van der Waals surface area contributed by atoms with Crippen LogP contribution < -0.4 is 0 Å². The van der Waals surface area contributed by atoms with E-state index in [0.717, 1.165) is 46.9 Å². The molecule has 4 fully saturated rings. The third-order valence-corrected chi connectivity index (χ3v) is 8.48. The molecule has 0 N–H and O–H groups in total. The average Bonchev–Trinajstić information content (AvgIpc) is 3.11. The molecule has 5 heteroatoms. The average molecular weight is 367 g/mol. The van der Waals surface area contributed by atoms with Crippen LogP contribution >= 0.6 is 11.3 Å². The second-order valence-electron chi connectivity index (χ2n) is 9.31. The zero-order valence-electron chi connectivity index (χ0n) is 15.7. The summed E-state index contributed by atoms with van der Waals surface area (Å²) < 4.78 is 1.93. The first-order chi connectivity index (χ1) is 12.6. The maximum absolute atomic E-state index is 5.06. The lowest BCUT2D eigenvalue weighted by Gasteiger charge is -2.56. The minimum absolute atomic E-state index is 0.490. The second kappa shape index (κ2) is 5.28. The van der Waals surface area contributed by atoms with Crippen LogP contribution in [0.2, 0.25) is 0 Å². The Hall–Kier alpha value is -1.49. The van der Waals surface area contributed by atoms with Gasteiger partial charge in [0.1, 0.15) is 11.2 Å². The Balaban J connectivity index is 1.43. The smallest absolute Gasteiger partial charge is 0.167 e. The number of thiophene rings is 1. The van der Waals surface area contributed by atoms with Crippen LogP contribution in [-0.2, 0) is 12.8 Å². The third kappa shape index (κ3) is 2.16. The van der Waals surface area contributed by atoms with Crippen LogP contribution in [0.25, 0.3) is 15.9 Å². The lowest BCUT2D eigenvalue weighted by molar-refractivity contribution is -0.0531. The first-order valence-corrected chi connectivity index (χ1v) is 11.1. The van der Waals surface area contributed by atoms with Crippen molar-refractivity contribution in [3.8, 4) is 0 Å². The molecule has 3 aromatic heterocycles. The summed E-state index contributed by atoms with van der Waals surface area (Å²) in [5.74, 6) is 4.00. The number of hydrogen-bond donors (Lipinski definition) is 0. The summed E-state index contributed by atoms with van der Waals surface area (Å²) in [4.78, 5) is 12.2. The molecular weight excluding hydrogens is 340 g/mol. The van der Waals surface area contributed by atoms with Gasteiger partial charge in [0, 0.05) is 11.3 Å². The van der Waals surface area contributed by atoms with E-state index in [2.05, 4.69) is 18.8 Å². The Morgan fingerprint density at radius 1 is 1.15 bits per heavy atom. The molecule has 7 rings (SSSR count). The highest BCUT2D eigenvalue weighted by Gasteiger charge is 2.51. The van der Waals surface area contributed by atoms with Crippen molar-refractivity contribution in [3.63, 3.8) is 0 Å². The number of fused-ring (bicyclic) bond motifs is 3. The predicted molar refractivity (Wildman–Crippen MR) is 105 cm³/mol. The first-order valence-electron chi connectivity index (χ1n) is 10.2. The molecule has 0 aliphatic heterocycles. The normalized spacial score (nSPS) is 32.9. The van der Waals surface area contributed by atoms with E-state index in [-0.39, 0.29) is 0 Å². The van der Waals surface area contributed by atoms with E-state index < -0.39 is 0 Å². The highest BCUT2D eigenvalue weighted by molar-refractivity contribution is 7.18. The Morgan fingerprint density at radius 3 is 2.50 bits per heavy atom. The van der Waals surface area contributed by atoms with Gasteiger partial charge in [0.15, 0.2) is 11.5 Å². The van der Waals surface area contributed by atoms with Gasteiger partial charge in [0.2, 0.25) is 0 Å². The molecule has 0 saturated heterocycles. The highest BCUT2D eigenvalue weighted by Crippen LogP contribution is 2.60. The fourth-order valence-electron chi connectivity index (χ4n) is 6.95. The van der Waals surface area contributed by atoms with Crippen molar-refractivity contribution in [2.75, 3.05) is 0 Å². The van der Waals surface area contributed by atoms with E-state index in [0.29, 0.717) is 5.41 Å². The lowest BCUT2D eigenvalue weighted by Crippen LogP contribution is -2.47. The van der Waals surface area contributed by atoms with Crippen LogP contribution in [0, 0.1) is 30.1 Å². The summed E-state index contributed by atoms with van der Waals surface area (Å²) in [6.45, 7) is 4.43. The lowest BCUT2D eigenvalue weighted by atomic mass is 9.49. The van der Waals surface area contributed by atoms with E-state index in [1.165, 1.54) is 54.4 Å². The molecule has 3 heterocycles. The molecular formula is C21H26N4S. The molecule has 4 bridgehead atoms. The molecule has 4 aliphatic carbocycles. The molecule has 4 nitrogen and oxygen atoms in total. The molecule has 3 aromatic rings. The zero-order valence-corrected chi connectivity index (χ0v) is 16.5. The highest BCUT2D eigenvalue weighted by atomic mass is 32.1. The molecule has 0 aromatic carbocycles. The summed E-state index contributed by atoms with van der Waals surface area (Å²) in [5.41, 5.74) is 2.91. The van der Waals surface area contributed by atoms with Crippen molar-refractivity contribution >= 4 is 27.2 Å². The number of rotatable bonds is 3. The number of nitrogens with zero attached hydrogens (tertiary/aromatic N) is 4. The number of aryl methyl sites for hydroxylation is 2. The van der Waals surface area contributed by atoms with Crippen LogP contribution in [0.3, 0.4) is 0 Å². The fraction of sp³-hybridized carbons (Fsp3) is 0.667. The Labute approximate surface area is 158 Å². The molecule has 0 radical (unpaired) electrons. The molecule has 0 amide bonds. The maximum Gasteiger partial charge on any atom is 0.167 e. The molecule has 4 aliphatic rings. The zero-order chi connectivity index (χ0) is 17.5. The summed E-state index contributed by atoms with van der Waals surface area (Å²) in [7, 11) is 0. The van der Waals surface area contributed by atoms with E-state index in [9.17, 15) is 0 Å². The SMILES string of the molecule is CCc1c(C)sc2ncn3nc(CC45CC6CC(CC(C6)C4)C5)nc3c12. The van der Waals surface area contributed by atoms with Gasteiger partial charge in [0.05, 0.1) is 5.39 Å². The van der Waals surface area contributed by atoms with E-state index in [1.54, 1.807) is 11.3 Å². The molecule has 136 valence electrons. The minimum Gasteiger partial charge on any atom is -0.225 e. The van der Waals surface area contributed by atoms with E-state index in [4.69, 9.17) is 10.1 Å². The summed E-state index contributed by atoms with van der Waals surface area (Å²) >= 11 is 1.79. The summed E-state index contributed by atoms with van der Waals surface area (Å²) in [6, 6.07) is 0. The fourth-order valence-corrected chi connectivity index (χ4v) is 8.03. The van der Waals surface area contributed by atoms with Gasteiger partial charge in [-0.2, -0.15) is 0 Å². The molecule has 0 spiro atoms. The van der Waals surface area contributed by atoms with Gasteiger partial charge in [-0.1, -0.05) is 6.92 Å². The largest absolute Gasteiger partial charge is 0.225 e. The van der Waals surface area contributed by atoms with Crippen molar-refractivity contribution < 1.29 is 0 Å². The van der Waals surface area contributed by atoms with Gasteiger partial charge < -0.3 is 0 Å². The Kier molecular flexibility index (Phi) is 3.16. The van der Waals surface area contributed by atoms with Crippen molar-refractivity contribution in [1.29, 1.82) is 0 Å². The van der Waals surface area contributed by atoms with Crippen LogP contribution in [0.1, 0.15) is 61.7 Å². The van der Waals surface area contributed by atoms with Gasteiger partial charge in [-0.3, -0.25) is 0 Å². The second-order valence-corrected chi connectivity index (χ2v) is 10.5. The van der Waals surface area contributed by atoms with E-state index in [1.807, 2.05) is 10.8 Å².